The Morgan fingerprint density at radius 2 is 1.67 bits per heavy atom. The van der Waals surface area contributed by atoms with Gasteiger partial charge in [0.05, 0.1) is 17.0 Å². The number of hydrogen-bond donors (Lipinski definition) is 6. The Hall–Kier alpha value is -3.37. The van der Waals surface area contributed by atoms with Crippen molar-refractivity contribution in [2.75, 3.05) is 4.90 Å². The van der Waals surface area contributed by atoms with E-state index in [9.17, 15) is 43.8 Å². The van der Waals surface area contributed by atoms with Crippen LogP contribution in [0.2, 0.25) is 0 Å². The van der Waals surface area contributed by atoms with Gasteiger partial charge in [-0.25, -0.2) is 9.50 Å². The summed E-state index contributed by atoms with van der Waals surface area (Å²) in [6.45, 7) is 11.2. The quantitative estimate of drug-likeness (QED) is 0.200. The van der Waals surface area contributed by atoms with E-state index in [4.69, 9.17) is 0 Å². The van der Waals surface area contributed by atoms with E-state index in [0.29, 0.717) is 34.7 Å². The van der Waals surface area contributed by atoms with Gasteiger partial charge in [-0.3, -0.25) is 9.64 Å². The highest BCUT2D eigenvalue weighted by atomic mass is 19.4. The summed E-state index contributed by atoms with van der Waals surface area (Å²) in [4.78, 5) is 4.58. The first kappa shape index (κ1) is 28.6. The molecule has 6 N–H and O–H groups in total. The van der Waals surface area contributed by atoms with E-state index >= 15 is 0 Å². The maximum atomic E-state index is 13.5. The second-order valence-corrected chi connectivity index (χ2v) is 9.34. The van der Waals surface area contributed by atoms with Crippen molar-refractivity contribution in [3.05, 3.63) is 83.2 Å². The van der Waals surface area contributed by atoms with Gasteiger partial charge in [0, 0.05) is 6.42 Å². The standard InChI is InChI=1S/C25H27F3N4O7/c1-6-21(33)22(34,7-2)39-25(37,38)24(35,36)32(21)19-11-13(3)20-29-15(5)18(31(20)30-19)12-16-9-8-10-17(14(16)4)23(26,27)28/h6-11,33-38H,1-2,12H2,3-5H3. The first-order valence-electron chi connectivity index (χ1n) is 11.5. The molecule has 1 aliphatic rings. The maximum Gasteiger partial charge on any atom is 0.416 e. The van der Waals surface area contributed by atoms with Crippen LogP contribution in [0.15, 0.2) is 49.6 Å². The number of nitrogens with zero attached hydrogens (tertiary/aromatic N) is 4. The summed E-state index contributed by atoms with van der Waals surface area (Å²) in [7, 11) is 0. The van der Waals surface area contributed by atoms with E-state index in [1.54, 1.807) is 13.8 Å². The molecule has 2 aromatic heterocycles. The zero-order valence-electron chi connectivity index (χ0n) is 21.1. The molecule has 1 aromatic carbocycles. The molecule has 2 unspecified atom stereocenters. The highest BCUT2D eigenvalue weighted by molar-refractivity contribution is 5.58. The minimum atomic E-state index is -4.57. The van der Waals surface area contributed by atoms with Gasteiger partial charge in [0.1, 0.15) is 0 Å². The van der Waals surface area contributed by atoms with Crippen LogP contribution in [-0.4, -0.2) is 68.6 Å². The van der Waals surface area contributed by atoms with Crippen molar-refractivity contribution in [3.8, 4) is 0 Å². The molecule has 3 heterocycles. The second-order valence-electron chi connectivity index (χ2n) is 9.34. The van der Waals surface area contributed by atoms with Crippen LogP contribution in [0.1, 0.15) is 33.6 Å². The average Bonchev–Trinajstić information content (AvgIpc) is 3.13. The van der Waals surface area contributed by atoms with Crippen molar-refractivity contribution in [2.24, 2.45) is 0 Å². The number of rotatable bonds is 5. The van der Waals surface area contributed by atoms with Gasteiger partial charge in [0.15, 0.2) is 11.5 Å². The van der Waals surface area contributed by atoms with E-state index in [1.807, 2.05) is 0 Å². The number of halogens is 3. The summed E-state index contributed by atoms with van der Waals surface area (Å²) in [6, 6.07) is 4.95. The first-order chi connectivity index (χ1) is 17.8. The van der Waals surface area contributed by atoms with Crippen LogP contribution in [0.4, 0.5) is 19.0 Å². The summed E-state index contributed by atoms with van der Waals surface area (Å²) in [5.74, 6) is -11.3. The van der Waals surface area contributed by atoms with Crippen LogP contribution in [-0.2, 0) is 17.3 Å². The minimum absolute atomic E-state index is 0.00689. The zero-order valence-corrected chi connectivity index (χ0v) is 21.1. The smallest absolute Gasteiger partial charge is 0.363 e. The Morgan fingerprint density at radius 3 is 2.23 bits per heavy atom. The van der Waals surface area contributed by atoms with Crippen LogP contribution in [0.25, 0.3) is 5.65 Å². The lowest BCUT2D eigenvalue weighted by Crippen LogP contribution is -2.83. The Balaban J connectivity index is 1.96. The normalized spacial score (nSPS) is 24.7. The van der Waals surface area contributed by atoms with Crippen molar-refractivity contribution in [3.63, 3.8) is 0 Å². The number of alkyl halides is 3. The van der Waals surface area contributed by atoms with Crippen molar-refractivity contribution in [1.29, 1.82) is 0 Å². The fraction of sp³-hybridized carbons (Fsp3) is 0.360. The van der Waals surface area contributed by atoms with Crippen LogP contribution in [0, 0.1) is 20.8 Å². The summed E-state index contributed by atoms with van der Waals surface area (Å²) < 4.78 is 46.3. The van der Waals surface area contributed by atoms with Crippen molar-refractivity contribution in [1.82, 2.24) is 14.6 Å². The third kappa shape index (κ3) is 4.12. The summed E-state index contributed by atoms with van der Waals surface area (Å²) in [5, 5.41) is 68.6. The van der Waals surface area contributed by atoms with Gasteiger partial charge in [0.2, 0.25) is 11.5 Å². The molecule has 0 aliphatic carbocycles. The molecule has 0 amide bonds. The lowest BCUT2D eigenvalue weighted by Gasteiger charge is -2.58. The molecule has 11 nitrogen and oxygen atoms in total. The number of aromatic nitrogens is 3. The molecular weight excluding hydrogens is 525 g/mol. The number of aliphatic hydroxyl groups is 6. The molecule has 1 aliphatic heterocycles. The van der Waals surface area contributed by atoms with Crippen LogP contribution in [0.3, 0.4) is 0 Å². The molecule has 0 spiro atoms. The number of morpholine rings is 1. The summed E-state index contributed by atoms with van der Waals surface area (Å²) in [6.07, 6.45) is -3.43. The van der Waals surface area contributed by atoms with Gasteiger partial charge in [-0.1, -0.05) is 25.3 Å². The van der Waals surface area contributed by atoms with Gasteiger partial charge < -0.3 is 30.6 Å². The van der Waals surface area contributed by atoms with Crippen molar-refractivity contribution < 1.29 is 48.5 Å². The predicted molar refractivity (Wildman–Crippen MR) is 130 cm³/mol. The Morgan fingerprint density at radius 1 is 1.03 bits per heavy atom. The van der Waals surface area contributed by atoms with Gasteiger partial charge in [-0.2, -0.15) is 13.2 Å². The van der Waals surface area contributed by atoms with Gasteiger partial charge >= 0.3 is 18.1 Å². The van der Waals surface area contributed by atoms with E-state index in [2.05, 4.69) is 28.0 Å². The molecule has 39 heavy (non-hydrogen) atoms. The number of hydrogen-bond acceptors (Lipinski definition) is 10. The average molecular weight is 553 g/mol. The third-order valence-electron chi connectivity index (χ3n) is 6.86. The molecule has 0 saturated carbocycles. The van der Waals surface area contributed by atoms with Crippen LogP contribution >= 0.6 is 0 Å². The third-order valence-corrected chi connectivity index (χ3v) is 6.86. The monoisotopic (exact) mass is 552 g/mol. The topological polar surface area (TPSA) is 164 Å². The Labute approximate surface area is 220 Å². The molecule has 210 valence electrons. The largest absolute Gasteiger partial charge is 0.416 e. The Kier molecular flexibility index (Phi) is 6.48. The molecule has 4 rings (SSSR count). The van der Waals surface area contributed by atoms with Gasteiger partial charge in [-0.15, -0.1) is 5.10 Å². The number of anilines is 1. The fourth-order valence-corrected chi connectivity index (χ4v) is 4.65. The van der Waals surface area contributed by atoms with Crippen molar-refractivity contribution >= 4 is 11.5 Å². The fourth-order valence-electron chi connectivity index (χ4n) is 4.65. The lowest BCUT2D eigenvalue weighted by atomic mass is 9.95. The van der Waals surface area contributed by atoms with Crippen LogP contribution in [0.5, 0.6) is 0 Å². The van der Waals surface area contributed by atoms with E-state index in [1.165, 1.54) is 29.6 Å². The number of imidazole rings is 1. The van der Waals surface area contributed by atoms with Gasteiger partial charge in [0.25, 0.3) is 0 Å². The number of fused-ring (bicyclic) bond motifs is 1. The zero-order chi connectivity index (χ0) is 29.3. The minimum Gasteiger partial charge on any atom is -0.363 e. The number of benzene rings is 1. The Bertz CT molecular complexity index is 1490. The summed E-state index contributed by atoms with van der Waals surface area (Å²) >= 11 is 0. The van der Waals surface area contributed by atoms with Crippen LogP contribution < -0.4 is 4.90 Å². The first-order valence-corrected chi connectivity index (χ1v) is 11.5. The van der Waals surface area contributed by atoms with Gasteiger partial charge in [-0.05, 0) is 61.7 Å². The highest BCUT2D eigenvalue weighted by Gasteiger charge is 2.73. The summed E-state index contributed by atoms with van der Waals surface area (Å²) in [5.41, 5.74) is -2.22. The maximum absolute atomic E-state index is 13.5. The second kappa shape index (κ2) is 8.82. The molecule has 1 saturated heterocycles. The predicted octanol–water partition coefficient (Wildman–Crippen LogP) is 1.13. The lowest BCUT2D eigenvalue weighted by molar-refractivity contribution is -0.534. The number of aryl methyl sites for hydroxylation is 2. The molecule has 2 atom stereocenters. The molecular formula is C25H27F3N4O7. The molecule has 0 bridgehead atoms. The van der Waals surface area contributed by atoms with E-state index in [0.717, 1.165) is 6.07 Å². The number of ether oxygens (including phenoxy) is 1. The molecule has 3 aromatic rings. The molecule has 0 radical (unpaired) electrons. The van der Waals surface area contributed by atoms with Crippen molar-refractivity contribution in [2.45, 2.75) is 56.8 Å². The molecule has 14 heteroatoms. The van der Waals surface area contributed by atoms with E-state index < -0.39 is 41.0 Å². The SMILES string of the molecule is C=CC1(O)OC(O)(O)C(O)(O)N(c2cc(C)c3nc(C)c(Cc4cccc(C(F)(F)F)c4C)n3n2)C1(O)C=C. The molecule has 1 fully saturated rings. The highest BCUT2D eigenvalue weighted by Crippen LogP contribution is 2.47. The van der Waals surface area contributed by atoms with E-state index in [-0.39, 0.29) is 22.5 Å².